The lowest BCUT2D eigenvalue weighted by Gasteiger charge is -2.27. The van der Waals surface area contributed by atoms with E-state index in [1.54, 1.807) is 0 Å². The number of rotatable bonds is 7. The summed E-state index contributed by atoms with van der Waals surface area (Å²) in [5.41, 5.74) is -0.541. The van der Waals surface area contributed by atoms with Gasteiger partial charge in [-0.15, -0.1) is 4.83 Å². The van der Waals surface area contributed by atoms with Gasteiger partial charge in [0.15, 0.2) is 0 Å². The molecule has 0 bridgehead atoms. The third-order valence-electron chi connectivity index (χ3n) is 5.17. The molecule has 202 valence electrons. The van der Waals surface area contributed by atoms with Crippen molar-refractivity contribution in [3.05, 3.63) is 29.8 Å². The van der Waals surface area contributed by atoms with Gasteiger partial charge in [0.1, 0.15) is 18.9 Å². The minimum absolute atomic E-state index is 0.140. The number of benzene rings is 1. The first-order valence-corrected chi connectivity index (χ1v) is 11.8. The van der Waals surface area contributed by atoms with E-state index in [4.69, 9.17) is 0 Å². The predicted molar refractivity (Wildman–Crippen MR) is 112 cm³/mol. The fraction of sp³-hybridized carbons (Fsp3) is 0.526. The number of piperidine rings is 1. The van der Waals surface area contributed by atoms with Crippen molar-refractivity contribution < 1.29 is 47.9 Å². The van der Waals surface area contributed by atoms with Crippen molar-refractivity contribution in [3.8, 4) is 0 Å². The maximum Gasteiger partial charge on any atom is 0.417 e. The van der Waals surface area contributed by atoms with Crippen molar-refractivity contribution >= 4 is 32.6 Å². The molecule has 3 rings (SSSR count). The summed E-state index contributed by atoms with van der Waals surface area (Å²) in [6.07, 6.45) is -13.2. The van der Waals surface area contributed by atoms with Crippen molar-refractivity contribution in [3.63, 3.8) is 0 Å². The van der Waals surface area contributed by atoms with Crippen molar-refractivity contribution in [2.24, 2.45) is 0 Å². The smallest absolute Gasteiger partial charge is 0.353 e. The highest BCUT2D eigenvalue weighted by molar-refractivity contribution is 7.87. The van der Waals surface area contributed by atoms with Gasteiger partial charge in [-0.2, -0.15) is 52.2 Å². The molecule has 1 aromatic carbocycles. The zero-order valence-corrected chi connectivity index (χ0v) is 19.0. The molecular formula is C19H20F9N5O2S. The SMILES string of the molecule is O=S(=O)(NNc1cc(C(F)(F)F)c2cc(N(CC(F)(F)F)CC(F)(F)F)ccc2n1)N1CCCCC1. The van der Waals surface area contributed by atoms with E-state index in [1.165, 1.54) is 0 Å². The molecule has 36 heavy (non-hydrogen) atoms. The Hall–Kier alpha value is -2.53. The summed E-state index contributed by atoms with van der Waals surface area (Å²) >= 11 is 0. The summed E-state index contributed by atoms with van der Waals surface area (Å²) in [5.74, 6) is -0.578. The van der Waals surface area contributed by atoms with Crippen LogP contribution in [0.5, 0.6) is 0 Å². The molecule has 0 saturated carbocycles. The molecule has 1 aliphatic rings. The number of fused-ring (bicyclic) bond motifs is 1. The van der Waals surface area contributed by atoms with Crippen LogP contribution in [0.1, 0.15) is 24.8 Å². The van der Waals surface area contributed by atoms with E-state index in [1.807, 2.05) is 4.83 Å². The number of pyridine rings is 1. The van der Waals surface area contributed by atoms with Crippen LogP contribution < -0.4 is 15.2 Å². The van der Waals surface area contributed by atoms with Crippen molar-refractivity contribution in [2.75, 3.05) is 36.5 Å². The summed E-state index contributed by atoms with van der Waals surface area (Å²) < 4.78 is 144. The Bertz CT molecular complexity index is 1160. The maximum atomic E-state index is 13.8. The third-order valence-corrected chi connectivity index (χ3v) is 6.57. The molecule has 0 unspecified atom stereocenters. The normalized spacial score (nSPS) is 16.4. The van der Waals surface area contributed by atoms with Crippen molar-refractivity contribution in [2.45, 2.75) is 37.8 Å². The Morgan fingerprint density at radius 3 is 2.00 bits per heavy atom. The standard InChI is InChI=1S/C19H20F9N5O2S/c20-17(21,22)10-32(11-18(23,24)25)12-4-5-15-13(8-12)14(19(26,27)28)9-16(29-15)30-31-36(34,35)33-6-2-1-3-7-33/h4-5,8-9,31H,1-3,6-7,10-11H2,(H,29,30). The Balaban J connectivity index is 1.98. The molecule has 0 radical (unpaired) electrons. The van der Waals surface area contributed by atoms with Gasteiger partial charge in [0.05, 0.1) is 11.1 Å². The minimum Gasteiger partial charge on any atom is -0.353 e. The fourth-order valence-electron chi connectivity index (χ4n) is 3.67. The second-order valence-corrected chi connectivity index (χ2v) is 9.70. The van der Waals surface area contributed by atoms with Crippen LogP contribution in [0.25, 0.3) is 10.9 Å². The highest BCUT2D eigenvalue weighted by atomic mass is 32.2. The second kappa shape index (κ2) is 10.1. The molecule has 2 heterocycles. The Morgan fingerprint density at radius 1 is 0.889 bits per heavy atom. The van der Waals surface area contributed by atoms with E-state index in [2.05, 4.69) is 10.4 Å². The maximum absolute atomic E-state index is 13.8. The lowest BCUT2D eigenvalue weighted by molar-refractivity contribution is -0.138. The van der Waals surface area contributed by atoms with Gasteiger partial charge in [-0.1, -0.05) is 6.42 Å². The van der Waals surface area contributed by atoms with Gasteiger partial charge in [0.2, 0.25) is 0 Å². The average Bonchev–Trinajstić information content (AvgIpc) is 2.74. The quantitative estimate of drug-likeness (QED) is 0.380. The number of anilines is 2. The van der Waals surface area contributed by atoms with Crippen LogP contribution in [0.2, 0.25) is 0 Å². The van der Waals surface area contributed by atoms with Crippen LogP contribution in [-0.4, -0.2) is 56.2 Å². The molecule has 0 atom stereocenters. The third kappa shape index (κ3) is 7.49. The molecule has 2 aromatic rings. The minimum atomic E-state index is -5.10. The van der Waals surface area contributed by atoms with Gasteiger partial charge >= 0.3 is 18.5 Å². The summed E-state index contributed by atoms with van der Waals surface area (Å²) in [7, 11) is -4.10. The average molecular weight is 553 g/mol. The van der Waals surface area contributed by atoms with Gasteiger partial charge in [-0.25, -0.2) is 4.98 Å². The van der Waals surface area contributed by atoms with Crippen molar-refractivity contribution in [1.82, 2.24) is 14.1 Å². The topological polar surface area (TPSA) is 77.6 Å². The number of hydrazine groups is 1. The number of aromatic nitrogens is 1. The fourth-order valence-corrected chi connectivity index (χ4v) is 4.77. The zero-order chi connectivity index (χ0) is 26.9. The molecule has 0 amide bonds. The monoisotopic (exact) mass is 553 g/mol. The number of nitrogens with zero attached hydrogens (tertiary/aromatic N) is 3. The van der Waals surface area contributed by atoms with Crippen LogP contribution >= 0.6 is 0 Å². The highest BCUT2D eigenvalue weighted by Gasteiger charge is 2.38. The first-order chi connectivity index (χ1) is 16.4. The number of alkyl halides is 9. The first kappa shape index (κ1) is 28.0. The second-order valence-electron chi connectivity index (χ2n) is 8.03. The molecule has 0 spiro atoms. The number of hydrogen-bond acceptors (Lipinski definition) is 5. The summed E-state index contributed by atoms with van der Waals surface area (Å²) in [4.78, 5) is 5.62. The zero-order valence-electron chi connectivity index (χ0n) is 18.2. The molecule has 7 nitrogen and oxygen atoms in total. The van der Waals surface area contributed by atoms with Crippen LogP contribution in [0.15, 0.2) is 24.3 Å². The van der Waals surface area contributed by atoms with Crippen molar-refractivity contribution in [1.29, 1.82) is 0 Å². The van der Waals surface area contributed by atoms with E-state index in [-0.39, 0.29) is 18.0 Å². The van der Waals surface area contributed by atoms with Crippen LogP contribution in [0.4, 0.5) is 51.0 Å². The molecule has 0 aliphatic carbocycles. The largest absolute Gasteiger partial charge is 0.417 e. The predicted octanol–water partition coefficient (Wildman–Crippen LogP) is 4.83. The molecule has 1 saturated heterocycles. The summed E-state index contributed by atoms with van der Waals surface area (Å²) in [6, 6.07) is 2.53. The molecule has 17 heteroatoms. The Morgan fingerprint density at radius 2 is 1.47 bits per heavy atom. The van der Waals surface area contributed by atoms with Gasteiger partial charge in [0, 0.05) is 24.2 Å². The summed E-state index contributed by atoms with van der Waals surface area (Å²) in [5, 5.41) is -0.765. The van der Waals surface area contributed by atoms with E-state index in [0.29, 0.717) is 25.0 Å². The Kier molecular flexibility index (Phi) is 7.86. The van der Waals surface area contributed by atoms with E-state index < -0.39 is 69.8 Å². The van der Waals surface area contributed by atoms with E-state index >= 15 is 0 Å². The van der Waals surface area contributed by atoms with Crippen LogP contribution in [0, 0.1) is 0 Å². The highest BCUT2D eigenvalue weighted by Crippen LogP contribution is 2.38. The number of hydrogen-bond donors (Lipinski definition) is 2. The van der Waals surface area contributed by atoms with Gasteiger partial charge in [-0.3, -0.25) is 5.43 Å². The lowest BCUT2D eigenvalue weighted by Crippen LogP contribution is -2.45. The first-order valence-electron chi connectivity index (χ1n) is 10.4. The Labute approximate surface area is 199 Å². The molecular weight excluding hydrogens is 533 g/mol. The van der Waals surface area contributed by atoms with Gasteiger partial charge in [-0.05, 0) is 37.1 Å². The van der Waals surface area contributed by atoms with Crippen LogP contribution in [0.3, 0.4) is 0 Å². The number of halogens is 9. The molecule has 1 aromatic heterocycles. The van der Waals surface area contributed by atoms with E-state index in [0.717, 1.165) is 22.9 Å². The summed E-state index contributed by atoms with van der Waals surface area (Å²) in [6.45, 7) is -3.67. The molecule has 2 N–H and O–H groups in total. The molecule has 1 fully saturated rings. The number of nitrogens with one attached hydrogen (secondary N) is 2. The van der Waals surface area contributed by atoms with Crippen LogP contribution in [-0.2, 0) is 16.4 Å². The lowest BCUT2D eigenvalue weighted by atomic mass is 10.1. The van der Waals surface area contributed by atoms with Gasteiger partial charge in [0.25, 0.3) is 10.2 Å². The molecule has 1 aliphatic heterocycles. The van der Waals surface area contributed by atoms with E-state index in [9.17, 15) is 47.9 Å². The van der Waals surface area contributed by atoms with Gasteiger partial charge < -0.3 is 4.90 Å².